The van der Waals surface area contributed by atoms with Crippen LogP contribution in [0.4, 0.5) is 11.4 Å². The lowest BCUT2D eigenvalue weighted by molar-refractivity contribution is 0.0956. The molecule has 1 heterocycles. The van der Waals surface area contributed by atoms with Gasteiger partial charge in [0.25, 0.3) is 5.91 Å². The fourth-order valence-corrected chi connectivity index (χ4v) is 3.38. The summed E-state index contributed by atoms with van der Waals surface area (Å²) in [6, 6.07) is 10.4. The lowest BCUT2D eigenvalue weighted by Gasteiger charge is -2.25. The fraction of sp³-hybridized carbons (Fsp3) is 0.429. The van der Waals surface area contributed by atoms with E-state index < -0.39 is 0 Å². The summed E-state index contributed by atoms with van der Waals surface area (Å²) in [7, 11) is 0. The van der Waals surface area contributed by atoms with Crippen molar-refractivity contribution < 1.29 is 4.79 Å². The molecule has 3 rings (SSSR count). The molecule has 1 aromatic carbocycles. The van der Waals surface area contributed by atoms with Crippen LogP contribution in [0, 0.1) is 0 Å². The molecule has 5 heteroatoms. The molecular weight excluding hydrogens is 324 g/mol. The molecule has 0 spiro atoms. The van der Waals surface area contributed by atoms with E-state index in [9.17, 15) is 4.79 Å². The molecule has 0 unspecified atom stereocenters. The van der Waals surface area contributed by atoms with Crippen molar-refractivity contribution in [3.05, 3.63) is 53.9 Å². The van der Waals surface area contributed by atoms with Crippen molar-refractivity contribution in [2.75, 3.05) is 17.2 Å². The van der Waals surface area contributed by atoms with Gasteiger partial charge in [-0.15, -0.1) is 0 Å². The maximum absolute atomic E-state index is 12.2. The largest absolute Gasteiger partial charge is 0.381 e. The first-order chi connectivity index (χ1) is 12.8. The van der Waals surface area contributed by atoms with E-state index in [0.717, 1.165) is 16.9 Å². The topological polar surface area (TPSA) is 66.1 Å². The van der Waals surface area contributed by atoms with E-state index in [2.05, 4.69) is 20.9 Å². The Morgan fingerprint density at radius 2 is 1.85 bits per heavy atom. The molecule has 0 bridgehead atoms. The zero-order chi connectivity index (χ0) is 18.2. The Bertz CT molecular complexity index is 711. The van der Waals surface area contributed by atoms with Crippen LogP contribution >= 0.6 is 0 Å². The first-order valence-electron chi connectivity index (χ1n) is 9.58. The number of anilines is 2. The minimum Gasteiger partial charge on any atom is -0.381 e. The van der Waals surface area contributed by atoms with Crippen molar-refractivity contribution in [2.45, 2.75) is 51.6 Å². The Balaban J connectivity index is 1.78. The Morgan fingerprint density at radius 1 is 1.08 bits per heavy atom. The van der Waals surface area contributed by atoms with Crippen LogP contribution in [0.5, 0.6) is 0 Å². The molecule has 1 aromatic heterocycles. The van der Waals surface area contributed by atoms with Crippen LogP contribution in [-0.4, -0.2) is 23.5 Å². The number of aromatic nitrogens is 1. The summed E-state index contributed by atoms with van der Waals surface area (Å²) in [4.78, 5) is 16.3. The van der Waals surface area contributed by atoms with Gasteiger partial charge >= 0.3 is 0 Å². The zero-order valence-corrected chi connectivity index (χ0v) is 15.4. The number of benzene rings is 1. The molecule has 0 radical (unpaired) electrons. The molecule has 0 saturated heterocycles. The number of carbonyl (C=O) groups is 1. The van der Waals surface area contributed by atoms with Gasteiger partial charge in [0.05, 0.1) is 11.4 Å². The Kier molecular flexibility index (Phi) is 6.47. The second-order valence-electron chi connectivity index (χ2n) is 6.81. The van der Waals surface area contributed by atoms with Gasteiger partial charge < -0.3 is 16.0 Å². The molecule has 1 aliphatic rings. The van der Waals surface area contributed by atoms with Crippen molar-refractivity contribution in [1.29, 1.82) is 0 Å². The van der Waals surface area contributed by atoms with Crippen LogP contribution in [0.15, 0.2) is 42.7 Å². The van der Waals surface area contributed by atoms with E-state index in [0.29, 0.717) is 24.7 Å². The van der Waals surface area contributed by atoms with Gasteiger partial charge in [-0.3, -0.25) is 9.78 Å². The molecule has 138 valence electrons. The van der Waals surface area contributed by atoms with E-state index in [1.54, 1.807) is 12.4 Å². The molecule has 1 aliphatic carbocycles. The molecule has 3 N–H and O–H groups in total. The quantitative estimate of drug-likeness (QED) is 0.699. The summed E-state index contributed by atoms with van der Waals surface area (Å²) >= 11 is 0. The summed E-state index contributed by atoms with van der Waals surface area (Å²) < 4.78 is 0. The Labute approximate surface area is 155 Å². The Hall–Kier alpha value is -2.56. The van der Waals surface area contributed by atoms with Crippen molar-refractivity contribution in [2.24, 2.45) is 0 Å². The molecule has 5 nitrogen and oxygen atoms in total. The molecular formula is C21H28N4O. The Morgan fingerprint density at radius 3 is 2.58 bits per heavy atom. The standard InChI is InChI=1S/C21H28N4O/c1-2-23-21(26)17-8-9-19(25-18-6-4-3-5-7-18)20(14-17)24-15-16-10-12-22-13-11-16/h8-14,18,24-25H,2-7,15H2,1H3,(H,23,26). The van der Waals surface area contributed by atoms with Crippen LogP contribution in [0.1, 0.15) is 54.9 Å². The number of rotatable bonds is 7. The summed E-state index contributed by atoms with van der Waals surface area (Å²) in [5.41, 5.74) is 3.88. The molecule has 2 aromatic rings. The van der Waals surface area contributed by atoms with Gasteiger partial charge in [-0.2, -0.15) is 0 Å². The zero-order valence-electron chi connectivity index (χ0n) is 15.4. The normalized spacial score (nSPS) is 14.7. The second-order valence-corrected chi connectivity index (χ2v) is 6.81. The van der Waals surface area contributed by atoms with E-state index in [-0.39, 0.29) is 5.91 Å². The maximum Gasteiger partial charge on any atom is 0.251 e. The van der Waals surface area contributed by atoms with Gasteiger partial charge in [-0.1, -0.05) is 19.3 Å². The summed E-state index contributed by atoms with van der Waals surface area (Å²) in [6.07, 6.45) is 9.92. The number of carbonyl (C=O) groups excluding carboxylic acids is 1. The number of amides is 1. The highest BCUT2D eigenvalue weighted by atomic mass is 16.1. The van der Waals surface area contributed by atoms with E-state index in [4.69, 9.17) is 0 Å². The molecule has 26 heavy (non-hydrogen) atoms. The molecule has 1 amide bonds. The minimum atomic E-state index is -0.0383. The second kappa shape index (κ2) is 9.22. The van der Waals surface area contributed by atoms with Gasteiger partial charge in [0.1, 0.15) is 0 Å². The van der Waals surface area contributed by atoms with Crippen LogP contribution in [0.3, 0.4) is 0 Å². The summed E-state index contributed by atoms with van der Waals surface area (Å²) in [5.74, 6) is -0.0383. The highest BCUT2D eigenvalue weighted by molar-refractivity contribution is 5.96. The number of pyridine rings is 1. The average Bonchev–Trinajstić information content (AvgIpc) is 2.69. The molecule has 0 atom stereocenters. The SMILES string of the molecule is CCNC(=O)c1ccc(NC2CCCCC2)c(NCc2ccncc2)c1. The summed E-state index contributed by atoms with van der Waals surface area (Å²) in [6.45, 7) is 3.25. The average molecular weight is 352 g/mol. The number of nitrogens with zero attached hydrogens (tertiary/aromatic N) is 1. The van der Waals surface area contributed by atoms with Crippen molar-refractivity contribution >= 4 is 17.3 Å². The van der Waals surface area contributed by atoms with Crippen molar-refractivity contribution in [3.8, 4) is 0 Å². The fourth-order valence-electron chi connectivity index (χ4n) is 3.38. The van der Waals surface area contributed by atoms with Gasteiger partial charge in [0, 0.05) is 37.1 Å². The number of hydrogen-bond donors (Lipinski definition) is 3. The van der Waals surface area contributed by atoms with Crippen molar-refractivity contribution in [3.63, 3.8) is 0 Å². The van der Waals surface area contributed by atoms with Crippen molar-refractivity contribution in [1.82, 2.24) is 10.3 Å². The maximum atomic E-state index is 12.2. The highest BCUT2D eigenvalue weighted by Crippen LogP contribution is 2.28. The van der Waals surface area contributed by atoms with E-state index in [1.807, 2.05) is 37.3 Å². The molecule has 1 fully saturated rings. The number of hydrogen-bond acceptors (Lipinski definition) is 4. The third-order valence-corrected chi connectivity index (χ3v) is 4.82. The lowest BCUT2D eigenvalue weighted by atomic mass is 9.95. The first-order valence-corrected chi connectivity index (χ1v) is 9.58. The minimum absolute atomic E-state index is 0.0383. The highest BCUT2D eigenvalue weighted by Gasteiger charge is 2.16. The predicted molar refractivity (Wildman–Crippen MR) is 107 cm³/mol. The van der Waals surface area contributed by atoms with Gasteiger partial charge in [0.15, 0.2) is 0 Å². The van der Waals surface area contributed by atoms with Gasteiger partial charge in [-0.05, 0) is 55.7 Å². The molecule has 0 aliphatic heterocycles. The van der Waals surface area contributed by atoms with Crippen LogP contribution in [-0.2, 0) is 6.54 Å². The smallest absolute Gasteiger partial charge is 0.251 e. The van der Waals surface area contributed by atoms with Gasteiger partial charge in [-0.25, -0.2) is 0 Å². The predicted octanol–water partition coefficient (Wildman–Crippen LogP) is 4.19. The van der Waals surface area contributed by atoms with Crippen LogP contribution in [0.2, 0.25) is 0 Å². The third kappa shape index (κ3) is 4.97. The third-order valence-electron chi connectivity index (χ3n) is 4.82. The van der Waals surface area contributed by atoms with Gasteiger partial charge in [0.2, 0.25) is 0 Å². The first kappa shape index (κ1) is 18.2. The summed E-state index contributed by atoms with van der Waals surface area (Å²) in [5, 5.41) is 10.0. The number of nitrogens with one attached hydrogen (secondary N) is 3. The lowest BCUT2D eigenvalue weighted by Crippen LogP contribution is -2.24. The molecule has 1 saturated carbocycles. The van der Waals surface area contributed by atoms with Crippen LogP contribution in [0.25, 0.3) is 0 Å². The monoisotopic (exact) mass is 352 g/mol. The van der Waals surface area contributed by atoms with E-state index >= 15 is 0 Å². The van der Waals surface area contributed by atoms with E-state index in [1.165, 1.54) is 32.1 Å². The van der Waals surface area contributed by atoms with Crippen LogP contribution < -0.4 is 16.0 Å².